The van der Waals surface area contributed by atoms with E-state index in [-0.39, 0.29) is 11.0 Å². The van der Waals surface area contributed by atoms with Crippen LogP contribution >= 0.6 is 0 Å². The van der Waals surface area contributed by atoms with Crippen LogP contribution in [-0.2, 0) is 9.47 Å². The maximum absolute atomic E-state index is 5.47. The monoisotopic (exact) mass is 183 g/mol. The van der Waals surface area contributed by atoms with Crippen molar-refractivity contribution in [3.8, 4) is 0 Å². The smallest absolute Gasteiger partial charge is 0.0989 e. The Hall–Kier alpha value is -0.500. The van der Waals surface area contributed by atoms with Crippen LogP contribution in [0.15, 0.2) is 11.8 Å². The zero-order valence-electron chi connectivity index (χ0n) is 9.18. The zero-order chi connectivity index (χ0) is 10.1. The quantitative estimate of drug-likeness (QED) is 0.655. The van der Waals surface area contributed by atoms with Gasteiger partial charge in [0.1, 0.15) is 0 Å². The Kier molecular flexibility index (Phi) is 2.71. The largest absolute Gasteiger partial charge is 0.501 e. The molecule has 1 radical (unpaired) electrons. The lowest BCUT2D eigenvalue weighted by Crippen LogP contribution is -2.38. The van der Waals surface area contributed by atoms with Crippen molar-refractivity contribution in [3.63, 3.8) is 0 Å². The van der Waals surface area contributed by atoms with Crippen molar-refractivity contribution >= 4 is 0 Å². The first kappa shape index (κ1) is 10.6. The molecule has 1 aliphatic rings. The Balaban J connectivity index is 2.88. The molecule has 0 spiro atoms. The molecule has 0 fully saturated rings. The molecule has 0 N–H and O–H groups in total. The van der Waals surface area contributed by atoms with Gasteiger partial charge in [-0.15, -0.1) is 0 Å². The highest BCUT2D eigenvalue weighted by atomic mass is 16.5. The Bertz CT molecular complexity index is 218. The van der Waals surface area contributed by atoms with Crippen LogP contribution in [0.1, 0.15) is 27.2 Å². The Morgan fingerprint density at radius 1 is 1.23 bits per heavy atom. The van der Waals surface area contributed by atoms with Gasteiger partial charge < -0.3 is 9.47 Å². The summed E-state index contributed by atoms with van der Waals surface area (Å²) in [5, 5.41) is 0. The molecule has 75 valence electrons. The van der Waals surface area contributed by atoms with Gasteiger partial charge in [-0.1, -0.05) is 13.8 Å². The molecule has 0 amide bonds. The third kappa shape index (κ3) is 2.47. The summed E-state index contributed by atoms with van der Waals surface area (Å²) < 4.78 is 10.7. The maximum Gasteiger partial charge on any atom is 0.0989 e. The van der Waals surface area contributed by atoms with Crippen LogP contribution in [0.4, 0.5) is 0 Å². The van der Waals surface area contributed by atoms with Crippen LogP contribution in [-0.4, -0.2) is 19.8 Å². The van der Waals surface area contributed by atoms with Gasteiger partial charge >= 0.3 is 0 Å². The van der Waals surface area contributed by atoms with Crippen LogP contribution < -0.4 is 0 Å². The molecule has 0 heterocycles. The molecule has 2 nitrogen and oxygen atoms in total. The van der Waals surface area contributed by atoms with Gasteiger partial charge in [-0.05, 0) is 24.8 Å². The molecule has 2 heteroatoms. The van der Waals surface area contributed by atoms with Crippen molar-refractivity contribution in [1.29, 1.82) is 0 Å². The fourth-order valence-electron chi connectivity index (χ4n) is 1.98. The van der Waals surface area contributed by atoms with Crippen LogP contribution in [0, 0.1) is 11.8 Å². The lowest BCUT2D eigenvalue weighted by Gasteiger charge is -2.39. The Morgan fingerprint density at radius 2 is 1.85 bits per heavy atom. The fraction of sp³-hybridized carbons (Fsp3) is 0.727. The van der Waals surface area contributed by atoms with E-state index in [0.29, 0.717) is 0 Å². The van der Waals surface area contributed by atoms with E-state index in [0.717, 1.165) is 12.2 Å². The van der Waals surface area contributed by atoms with Gasteiger partial charge in [0, 0.05) is 7.11 Å². The van der Waals surface area contributed by atoms with E-state index >= 15 is 0 Å². The van der Waals surface area contributed by atoms with Crippen LogP contribution in [0.2, 0.25) is 0 Å². The minimum absolute atomic E-state index is 0.144. The van der Waals surface area contributed by atoms with Gasteiger partial charge in [-0.3, -0.25) is 0 Å². The standard InChI is InChI=1S/C11H19O2/c1-10(2)6-9(12-4)7-11(3,8-10)13-5/h6-7H,8H2,1-5H3. The molecule has 0 aromatic heterocycles. The summed E-state index contributed by atoms with van der Waals surface area (Å²) in [5.74, 6) is 0.917. The van der Waals surface area contributed by atoms with E-state index in [1.165, 1.54) is 0 Å². The van der Waals surface area contributed by atoms with Crippen LogP contribution in [0.5, 0.6) is 0 Å². The summed E-state index contributed by atoms with van der Waals surface area (Å²) in [6.45, 7) is 6.47. The first-order chi connectivity index (χ1) is 5.91. The van der Waals surface area contributed by atoms with E-state index in [1.807, 2.05) is 6.42 Å². The van der Waals surface area contributed by atoms with Crippen molar-refractivity contribution in [3.05, 3.63) is 18.3 Å². The van der Waals surface area contributed by atoms with Crippen LogP contribution in [0.3, 0.4) is 0 Å². The molecular weight excluding hydrogens is 164 g/mol. The summed E-state index contributed by atoms with van der Waals surface area (Å²) in [4.78, 5) is 0. The van der Waals surface area contributed by atoms with E-state index in [1.54, 1.807) is 14.2 Å². The van der Waals surface area contributed by atoms with E-state index < -0.39 is 0 Å². The lowest BCUT2D eigenvalue weighted by atomic mass is 9.74. The molecule has 0 saturated carbocycles. The molecule has 0 aliphatic heterocycles. The summed E-state index contributed by atoms with van der Waals surface area (Å²) in [5.41, 5.74) is -0.0472. The molecular formula is C11H19O2. The molecule has 0 saturated heterocycles. The summed E-state index contributed by atoms with van der Waals surface area (Å²) >= 11 is 0. The van der Waals surface area contributed by atoms with Crippen LogP contribution in [0.25, 0.3) is 0 Å². The highest BCUT2D eigenvalue weighted by Crippen LogP contribution is 2.40. The zero-order valence-corrected chi connectivity index (χ0v) is 9.18. The topological polar surface area (TPSA) is 18.5 Å². The molecule has 1 unspecified atom stereocenters. The molecule has 13 heavy (non-hydrogen) atoms. The molecule has 0 bridgehead atoms. The molecule has 0 aromatic rings. The van der Waals surface area contributed by atoms with Crippen molar-refractivity contribution in [2.75, 3.05) is 14.2 Å². The third-order valence-corrected chi connectivity index (χ3v) is 2.49. The SMILES string of the molecule is COC1=CC(C)(C)CC(C)(OC)[CH]1. The molecule has 0 aromatic carbocycles. The number of methoxy groups -OCH3 is 2. The Labute approximate surface area is 80.9 Å². The molecule has 1 atom stereocenters. The van der Waals surface area contributed by atoms with Gasteiger partial charge in [-0.25, -0.2) is 0 Å². The fourth-order valence-corrected chi connectivity index (χ4v) is 1.98. The van der Waals surface area contributed by atoms with E-state index in [2.05, 4.69) is 26.8 Å². The maximum atomic E-state index is 5.47. The Morgan fingerprint density at radius 3 is 2.31 bits per heavy atom. The average molecular weight is 183 g/mol. The molecule has 1 aliphatic carbocycles. The van der Waals surface area contributed by atoms with Crippen molar-refractivity contribution < 1.29 is 9.47 Å². The second-order valence-electron chi connectivity index (χ2n) is 4.58. The number of rotatable bonds is 2. The number of hydrogen-bond acceptors (Lipinski definition) is 2. The van der Waals surface area contributed by atoms with Gasteiger partial charge in [0.2, 0.25) is 0 Å². The highest BCUT2D eigenvalue weighted by molar-refractivity contribution is 5.23. The van der Waals surface area contributed by atoms with E-state index in [4.69, 9.17) is 9.47 Å². The third-order valence-electron chi connectivity index (χ3n) is 2.49. The summed E-state index contributed by atoms with van der Waals surface area (Å²) in [7, 11) is 3.44. The summed E-state index contributed by atoms with van der Waals surface area (Å²) in [6.07, 6.45) is 5.18. The second kappa shape index (κ2) is 3.33. The number of hydrogen-bond donors (Lipinski definition) is 0. The number of ether oxygens (including phenoxy) is 2. The predicted molar refractivity (Wildman–Crippen MR) is 53.2 cm³/mol. The first-order valence-electron chi connectivity index (χ1n) is 4.59. The van der Waals surface area contributed by atoms with E-state index in [9.17, 15) is 0 Å². The van der Waals surface area contributed by atoms with Gasteiger partial charge in [0.05, 0.1) is 24.9 Å². The van der Waals surface area contributed by atoms with Gasteiger partial charge in [0.15, 0.2) is 0 Å². The minimum atomic E-state index is -0.191. The van der Waals surface area contributed by atoms with Gasteiger partial charge in [-0.2, -0.15) is 0 Å². The lowest BCUT2D eigenvalue weighted by molar-refractivity contribution is -0.00433. The minimum Gasteiger partial charge on any atom is -0.501 e. The first-order valence-corrected chi connectivity index (χ1v) is 4.59. The van der Waals surface area contributed by atoms with Gasteiger partial charge in [0.25, 0.3) is 0 Å². The molecule has 1 rings (SSSR count). The summed E-state index contributed by atoms with van der Waals surface area (Å²) in [6, 6.07) is 0. The second-order valence-corrected chi connectivity index (χ2v) is 4.58. The predicted octanol–water partition coefficient (Wildman–Crippen LogP) is 2.56. The van der Waals surface area contributed by atoms with Crippen molar-refractivity contribution in [2.45, 2.75) is 32.8 Å². The van der Waals surface area contributed by atoms with Crippen molar-refractivity contribution in [2.24, 2.45) is 5.41 Å². The normalized spacial score (nSPS) is 32.5. The van der Waals surface area contributed by atoms with Crippen molar-refractivity contribution in [1.82, 2.24) is 0 Å². The number of allylic oxidation sites excluding steroid dienone is 1. The average Bonchev–Trinajstić information content (AvgIpc) is 2.01. The highest BCUT2D eigenvalue weighted by Gasteiger charge is 2.37.